The number of hydrogen-bond donors (Lipinski definition) is 0. The monoisotopic (exact) mass is 410 g/mol. The van der Waals surface area contributed by atoms with E-state index < -0.39 is 0 Å². The van der Waals surface area contributed by atoms with Crippen LogP contribution in [0.1, 0.15) is 30.8 Å². The molecule has 6 heteroatoms. The van der Waals surface area contributed by atoms with Gasteiger partial charge in [0.25, 0.3) is 0 Å². The molecule has 0 fully saturated rings. The number of ether oxygens (including phenoxy) is 2. The van der Waals surface area contributed by atoms with E-state index in [0.29, 0.717) is 22.9 Å². The molecule has 0 aliphatic carbocycles. The van der Waals surface area contributed by atoms with E-state index in [4.69, 9.17) is 19.7 Å². The number of imidazole rings is 1. The predicted octanol–water partition coefficient (Wildman–Crippen LogP) is 5.26. The molecule has 0 bridgehead atoms. The van der Waals surface area contributed by atoms with Gasteiger partial charge in [-0.05, 0) is 56.3 Å². The van der Waals surface area contributed by atoms with Gasteiger partial charge in [0, 0.05) is 11.8 Å². The minimum absolute atomic E-state index is 0.0101. The summed E-state index contributed by atoms with van der Waals surface area (Å²) in [4.78, 5) is 9.24. The van der Waals surface area contributed by atoms with Crippen LogP contribution in [0.5, 0.6) is 11.5 Å². The Bertz CT molecular complexity index is 1280. The molecule has 31 heavy (non-hydrogen) atoms. The van der Waals surface area contributed by atoms with Crippen LogP contribution >= 0.6 is 0 Å². The van der Waals surface area contributed by atoms with Crippen LogP contribution in [0.15, 0.2) is 60.8 Å². The molecule has 0 unspecified atom stereocenters. The van der Waals surface area contributed by atoms with Crippen LogP contribution in [0.3, 0.4) is 0 Å². The van der Waals surface area contributed by atoms with E-state index in [-0.39, 0.29) is 6.10 Å². The van der Waals surface area contributed by atoms with Crippen molar-refractivity contribution >= 4 is 23.2 Å². The Hall–Kier alpha value is -4.11. The molecule has 4 rings (SSSR count). The first kappa shape index (κ1) is 20.2. The van der Waals surface area contributed by atoms with Crippen molar-refractivity contribution in [2.24, 2.45) is 0 Å². The van der Waals surface area contributed by atoms with Gasteiger partial charge in [0.1, 0.15) is 17.7 Å². The zero-order valence-electron chi connectivity index (χ0n) is 17.6. The molecular weight excluding hydrogens is 388 g/mol. The van der Waals surface area contributed by atoms with Crippen molar-refractivity contribution in [1.82, 2.24) is 14.5 Å². The largest absolute Gasteiger partial charge is 0.493 e. The number of aromatic nitrogens is 3. The third-order valence-electron chi connectivity index (χ3n) is 4.69. The third kappa shape index (κ3) is 4.12. The smallest absolute Gasteiger partial charge is 0.168 e. The molecule has 0 aliphatic heterocycles. The Kier molecular flexibility index (Phi) is 5.67. The van der Waals surface area contributed by atoms with Gasteiger partial charge in [-0.15, -0.1) is 0 Å². The number of para-hydroxylation sites is 3. The Morgan fingerprint density at radius 2 is 1.87 bits per heavy atom. The first-order valence-corrected chi connectivity index (χ1v) is 9.96. The molecule has 2 heterocycles. The zero-order chi connectivity index (χ0) is 21.8. The van der Waals surface area contributed by atoms with Gasteiger partial charge < -0.3 is 9.47 Å². The second kappa shape index (κ2) is 8.72. The lowest BCUT2D eigenvalue weighted by Gasteiger charge is -2.15. The molecule has 0 spiro atoms. The molecule has 0 N–H and O–H groups in total. The number of benzene rings is 2. The standard InChI is InChI=1S/C25H22N4O2/c1-17(2)31-25-19(7-6-10-22(25)30-3)12-14-24-28-20-8-4-5-9-21(20)29(24)23-13-11-18(15-26)16-27-23/h4-14,16-17H,1-3H3/b14-12+. The SMILES string of the molecule is COc1cccc(/C=C/c2nc3ccccc3n2-c2ccc(C#N)cn2)c1OC(C)C. The fourth-order valence-electron chi connectivity index (χ4n) is 3.33. The molecule has 0 atom stereocenters. The summed E-state index contributed by atoms with van der Waals surface area (Å²) in [6.45, 7) is 3.96. The molecule has 2 aromatic heterocycles. The fourth-order valence-corrected chi connectivity index (χ4v) is 3.33. The lowest BCUT2D eigenvalue weighted by Crippen LogP contribution is -2.07. The summed E-state index contributed by atoms with van der Waals surface area (Å²) in [6, 6.07) is 19.3. The Labute approximate surface area is 181 Å². The maximum Gasteiger partial charge on any atom is 0.168 e. The van der Waals surface area contributed by atoms with Gasteiger partial charge in [-0.2, -0.15) is 5.26 Å². The number of methoxy groups -OCH3 is 1. The van der Waals surface area contributed by atoms with Crippen molar-refractivity contribution in [2.75, 3.05) is 7.11 Å². The predicted molar refractivity (Wildman–Crippen MR) is 121 cm³/mol. The first-order valence-electron chi connectivity index (χ1n) is 9.96. The van der Waals surface area contributed by atoms with Gasteiger partial charge in [0.05, 0.1) is 29.8 Å². The maximum absolute atomic E-state index is 9.08. The molecule has 6 nitrogen and oxygen atoms in total. The summed E-state index contributed by atoms with van der Waals surface area (Å²) < 4.78 is 13.5. The lowest BCUT2D eigenvalue weighted by atomic mass is 10.1. The van der Waals surface area contributed by atoms with E-state index in [2.05, 4.69) is 11.1 Å². The molecule has 4 aromatic rings. The minimum atomic E-state index is 0.0101. The first-order chi connectivity index (χ1) is 15.1. The van der Waals surface area contributed by atoms with Gasteiger partial charge in [-0.3, -0.25) is 4.57 Å². The summed E-state index contributed by atoms with van der Waals surface area (Å²) >= 11 is 0. The summed E-state index contributed by atoms with van der Waals surface area (Å²) in [5.41, 5.74) is 3.19. The van der Waals surface area contributed by atoms with Crippen LogP contribution in [0.25, 0.3) is 29.0 Å². The Morgan fingerprint density at radius 1 is 1.03 bits per heavy atom. The van der Waals surface area contributed by atoms with E-state index in [9.17, 15) is 0 Å². The quantitative estimate of drug-likeness (QED) is 0.434. The van der Waals surface area contributed by atoms with Gasteiger partial charge in [0.15, 0.2) is 11.5 Å². The number of hydrogen-bond acceptors (Lipinski definition) is 5. The highest BCUT2D eigenvalue weighted by atomic mass is 16.5. The van der Waals surface area contributed by atoms with Crippen molar-refractivity contribution in [3.63, 3.8) is 0 Å². The average Bonchev–Trinajstić information content (AvgIpc) is 3.16. The van der Waals surface area contributed by atoms with Crippen LogP contribution in [0.4, 0.5) is 0 Å². The highest BCUT2D eigenvalue weighted by Gasteiger charge is 2.13. The van der Waals surface area contributed by atoms with Crippen molar-refractivity contribution < 1.29 is 9.47 Å². The van der Waals surface area contributed by atoms with Crippen LogP contribution in [0, 0.1) is 11.3 Å². The van der Waals surface area contributed by atoms with E-state index >= 15 is 0 Å². The van der Waals surface area contributed by atoms with Gasteiger partial charge >= 0.3 is 0 Å². The van der Waals surface area contributed by atoms with Gasteiger partial charge in [-0.1, -0.05) is 24.3 Å². The molecule has 0 saturated carbocycles. The highest BCUT2D eigenvalue weighted by molar-refractivity contribution is 5.82. The highest BCUT2D eigenvalue weighted by Crippen LogP contribution is 2.33. The second-order valence-corrected chi connectivity index (χ2v) is 7.19. The molecule has 0 radical (unpaired) electrons. The summed E-state index contributed by atoms with van der Waals surface area (Å²) in [6.07, 6.45) is 5.47. The minimum Gasteiger partial charge on any atom is -0.493 e. The second-order valence-electron chi connectivity index (χ2n) is 7.19. The van der Waals surface area contributed by atoms with E-state index in [0.717, 1.165) is 22.4 Å². The van der Waals surface area contributed by atoms with Crippen LogP contribution < -0.4 is 9.47 Å². The molecule has 0 amide bonds. The molecule has 0 aliphatic rings. The fraction of sp³-hybridized carbons (Fsp3) is 0.160. The maximum atomic E-state index is 9.08. The zero-order valence-corrected chi connectivity index (χ0v) is 17.6. The molecule has 0 saturated heterocycles. The number of pyridine rings is 1. The molecular formula is C25H22N4O2. The summed E-state index contributed by atoms with van der Waals surface area (Å²) in [7, 11) is 1.63. The van der Waals surface area contributed by atoms with E-state index in [1.807, 2.05) is 79.1 Å². The van der Waals surface area contributed by atoms with Crippen molar-refractivity contribution in [2.45, 2.75) is 20.0 Å². The van der Waals surface area contributed by atoms with Crippen LogP contribution in [-0.2, 0) is 0 Å². The number of fused-ring (bicyclic) bond motifs is 1. The lowest BCUT2D eigenvalue weighted by molar-refractivity contribution is 0.229. The Morgan fingerprint density at radius 3 is 2.58 bits per heavy atom. The van der Waals surface area contributed by atoms with Crippen LogP contribution in [0.2, 0.25) is 0 Å². The van der Waals surface area contributed by atoms with Crippen molar-refractivity contribution in [3.8, 4) is 23.4 Å². The Balaban J connectivity index is 1.83. The number of nitriles is 1. The summed E-state index contributed by atoms with van der Waals surface area (Å²) in [5, 5.41) is 9.08. The van der Waals surface area contributed by atoms with Crippen LogP contribution in [-0.4, -0.2) is 27.7 Å². The van der Waals surface area contributed by atoms with Crippen molar-refractivity contribution in [3.05, 3.63) is 77.7 Å². The van der Waals surface area contributed by atoms with E-state index in [1.165, 1.54) is 0 Å². The van der Waals surface area contributed by atoms with Gasteiger partial charge in [0.2, 0.25) is 0 Å². The third-order valence-corrected chi connectivity index (χ3v) is 4.69. The normalized spacial score (nSPS) is 11.2. The molecule has 154 valence electrons. The van der Waals surface area contributed by atoms with Gasteiger partial charge in [-0.25, -0.2) is 9.97 Å². The average molecular weight is 410 g/mol. The van der Waals surface area contributed by atoms with E-state index in [1.54, 1.807) is 19.4 Å². The molecule has 2 aromatic carbocycles. The summed E-state index contributed by atoms with van der Waals surface area (Å²) in [5.74, 6) is 2.78. The van der Waals surface area contributed by atoms with Crippen molar-refractivity contribution in [1.29, 1.82) is 5.26 Å². The topological polar surface area (TPSA) is 73.0 Å². The number of rotatable bonds is 6. The number of nitrogens with zero attached hydrogens (tertiary/aromatic N) is 4.